The highest BCUT2D eigenvalue weighted by Gasteiger charge is 2.44. The summed E-state index contributed by atoms with van der Waals surface area (Å²) < 4.78 is 2.55. The average molecular weight is 520 g/mol. The van der Waals surface area contributed by atoms with Crippen LogP contribution in [0.4, 0.5) is 11.4 Å². The van der Waals surface area contributed by atoms with E-state index in [1.54, 1.807) is 0 Å². The molecule has 0 atom stereocenters. The third kappa shape index (κ3) is 4.77. The predicted octanol–water partition coefficient (Wildman–Crippen LogP) is 9.55. The lowest BCUT2D eigenvalue weighted by molar-refractivity contribution is -0.437. The molecule has 0 aromatic heterocycles. The molecule has 39 heavy (non-hydrogen) atoms. The third-order valence-corrected chi connectivity index (χ3v) is 9.23. The number of nitrogens with zero attached hydrogens (tertiary/aromatic N) is 2. The van der Waals surface area contributed by atoms with Crippen LogP contribution in [-0.4, -0.2) is 23.4 Å². The van der Waals surface area contributed by atoms with Crippen LogP contribution in [0, 0.1) is 0 Å². The summed E-state index contributed by atoms with van der Waals surface area (Å²) in [6.07, 6.45) is 15.5. The normalized spacial score (nSPS) is 22.0. The van der Waals surface area contributed by atoms with Crippen LogP contribution in [0.3, 0.4) is 0 Å². The van der Waals surface area contributed by atoms with Crippen molar-refractivity contribution in [2.45, 2.75) is 91.4 Å². The zero-order valence-electron chi connectivity index (χ0n) is 25.3. The molecule has 2 heterocycles. The van der Waals surface area contributed by atoms with Gasteiger partial charge in [-0.25, -0.2) is 0 Å². The molecule has 0 spiro atoms. The Morgan fingerprint density at radius 2 is 1.54 bits per heavy atom. The van der Waals surface area contributed by atoms with Crippen molar-refractivity contribution < 1.29 is 4.58 Å². The van der Waals surface area contributed by atoms with Gasteiger partial charge in [0.15, 0.2) is 5.71 Å². The van der Waals surface area contributed by atoms with E-state index in [1.165, 1.54) is 57.1 Å². The molecule has 204 valence electrons. The quantitative estimate of drug-likeness (QED) is 0.330. The molecular formula is C37H47N2+. The Morgan fingerprint density at radius 1 is 0.821 bits per heavy atom. The molecule has 0 amide bonds. The van der Waals surface area contributed by atoms with E-state index in [2.05, 4.69) is 131 Å². The fourth-order valence-electron chi connectivity index (χ4n) is 7.04. The van der Waals surface area contributed by atoms with Gasteiger partial charge in [-0.2, -0.15) is 4.58 Å². The first-order valence-electron chi connectivity index (χ1n) is 15.1. The number of fused-ring (bicyclic) bond motifs is 2. The zero-order chi connectivity index (χ0) is 27.8. The Labute approximate surface area is 237 Å². The lowest BCUT2D eigenvalue weighted by Gasteiger charge is -2.27. The Bertz CT molecular complexity index is 1410. The van der Waals surface area contributed by atoms with E-state index in [0.29, 0.717) is 0 Å². The maximum absolute atomic E-state index is 2.55. The lowest BCUT2D eigenvalue weighted by atomic mass is 9.80. The summed E-state index contributed by atoms with van der Waals surface area (Å²) in [7, 11) is 0. The third-order valence-electron chi connectivity index (χ3n) is 9.23. The fourth-order valence-corrected chi connectivity index (χ4v) is 7.04. The molecule has 0 bridgehead atoms. The number of anilines is 1. The molecule has 0 saturated carbocycles. The molecule has 0 radical (unpaired) electrons. The molecule has 2 heteroatoms. The molecule has 5 rings (SSSR count). The highest BCUT2D eigenvalue weighted by Crippen LogP contribution is 2.48. The van der Waals surface area contributed by atoms with Crippen molar-refractivity contribution >= 4 is 17.1 Å². The molecule has 2 aromatic rings. The Hall–Kier alpha value is -3.13. The van der Waals surface area contributed by atoms with E-state index in [1.807, 2.05) is 0 Å². The number of para-hydroxylation sites is 2. The number of allylic oxidation sites excluding steroid dienone is 8. The van der Waals surface area contributed by atoms with E-state index < -0.39 is 0 Å². The summed E-state index contributed by atoms with van der Waals surface area (Å²) in [5, 5.41) is 0. The fraction of sp³-hybridized carbons (Fsp3) is 0.432. The van der Waals surface area contributed by atoms with E-state index in [4.69, 9.17) is 0 Å². The summed E-state index contributed by atoms with van der Waals surface area (Å²) in [6, 6.07) is 17.9. The second-order valence-electron chi connectivity index (χ2n) is 12.6. The van der Waals surface area contributed by atoms with Crippen molar-refractivity contribution in [2.24, 2.45) is 0 Å². The zero-order valence-corrected chi connectivity index (χ0v) is 25.3. The predicted molar refractivity (Wildman–Crippen MR) is 169 cm³/mol. The van der Waals surface area contributed by atoms with Gasteiger partial charge in [-0.3, -0.25) is 0 Å². The van der Waals surface area contributed by atoms with Crippen LogP contribution in [0.2, 0.25) is 0 Å². The van der Waals surface area contributed by atoms with Gasteiger partial charge < -0.3 is 4.90 Å². The molecule has 0 fully saturated rings. The highest BCUT2D eigenvalue weighted by molar-refractivity contribution is 6.03. The van der Waals surface area contributed by atoms with Crippen LogP contribution in [0.5, 0.6) is 0 Å². The molecule has 2 aliphatic heterocycles. The minimum atomic E-state index is 0.0142. The lowest BCUT2D eigenvalue weighted by Crippen LogP contribution is -2.27. The monoisotopic (exact) mass is 519 g/mol. The van der Waals surface area contributed by atoms with Crippen LogP contribution in [-0.2, 0) is 10.8 Å². The number of benzene rings is 2. The largest absolute Gasteiger partial charge is 0.344 e. The number of hydrogen-bond donors (Lipinski definition) is 0. The van der Waals surface area contributed by atoms with Crippen molar-refractivity contribution in [3.05, 3.63) is 106 Å². The first kappa shape index (κ1) is 27.4. The van der Waals surface area contributed by atoms with Gasteiger partial charge in [-0.15, -0.1) is 0 Å². The summed E-state index contributed by atoms with van der Waals surface area (Å²) >= 11 is 0. The average Bonchev–Trinajstić information content (AvgIpc) is 3.27. The molecule has 0 saturated heterocycles. The highest BCUT2D eigenvalue weighted by atomic mass is 15.2. The van der Waals surface area contributed by atoms with Crippen molar-refractivity contribution in [1.29, 1.82) is 0 Å². The van der Waals surface area contributed by atoms with Crippen molar-refractivity contribution in [3.63, 3.8) is 0 Å². The van der Waals surface area contributed by atoms with E-state index in [0.717, 1.165) is 38.8 Å². The van der Waals surface area contributed by atoms with Crippen molar-refractivity contribution in [3.8, 4) is 0 Å². The summed E-state index contributed by atoms with van der Waals surface area (Å²) in [5.74, 6) is 0. The molecule has 0 unspecified atom stereocenters. The van der Waals surface area contributed by atoms with Gasteiger partial charge in [0, 0.05) is 47.5 Å². The molecular weight excluding hydrogens is 472 g/mol. The summed E-state index contributed by atoms with van der Waals surface area (Å²) in [5.41, 5.74) is 12.9. The Balaban J connectivity index is 1.49. The minimum absolute atomic E-state index is 0.0142. The number of hydrogen-bond acceptors (Lipinski definition) is 1. The Kier molecular flexibility index (Phi) is 7.60. The van der Waals surface area contributed by atoms with Gasteiger partial charge in [0.2, 0.25) is 5.69 Å². The van der Waals surface area contributed by atoms with Crippen molar-refractivity contribution in [2.75, 3.05) is 18.0 Å². The molecule has 2 nitrogen and oxygen atoms in total. The van der Waals surface area contributed by atoms with Crippen LogP contribution in [0.15, 0.2) is 95.3 Å². The van der Waals surface area contributed by atoms with Crippen LogP contribution < -0.4 is 4.90 Å². The van der Waals surface area contributed by atoms with E-state index in [-0.39, 0.29) is 10.8 Å². The van der Waals surface area contributed by atoms with Crippen molar-refractivity contribution in [1.82, 2.24) is 0 Å². The maximum Gasteiger partial charge on any atom is 0.209 e. The van der Waals surface area contributed by atoms with Gasteiger partial charge >= 0.3 is 0 Å². The second-order valence-corrected chi connectivity index (χ2v) is 12.6. The maximum atomic E-state index is 2.55. The van der Waals surface area contributed by atoms with Gasteiger partial charge in [0.25, 0.3) is 0 Å². The first-order chi connectivity index (χ1) is 18.7. The van der Waals surface area contributed by atoms with E-state index in [9.17, 15) is 0 Å². The summed E-state index contributed by atoms with van der Waals surface area (Å²) in [4.78, 5) is 2.55. The first-order valence-corrected chi connectivity index (χ1v) is 15.1. The minimum Gasteiger partial charge on any atom is -0.344 e. The smallest absolute Gasteiger partial charge is 0.209 e. The topological polar surface area (TPSA) is 6.25 Å². The van der Waals surface area contributed by atoms with E-state index >= 15 is 0 Å². The van der Waals surface area contributed by atoms with Gasteiger partial charge in [-0.1, -0.05) is 76.2 Å². The van der Waals surface area contributed by atoms with Gasteiger partial charge in [-0.05, 0) is 80.9 Å². The van der Waals surface area contributed by atoms with Crippen LogP contribution in [0.25, 0.3) is 0 Å². The van der Waals surface area contributed by atoms with Crippen LogP contribution >= 0.6 is 0 Å². The molecule has 1 aliphatic carbocycles. The number of rotatable bonds is 7. The molecule has 2 aromatic carbocycles. The summed E-state index contributed by atoms with van der Waals surface area (Å²) in [6.45, 7) is 18.5. The van der Waals surface area contributed by atoms with Gasteiger partial charge in [0.05, 0.1) is 5.41 Å². The van der Waals surface area contributed by atoms with Crippen LogP contribution in [0.1, 0.15) is 91.7 Å². The standard InChI is InChI=1S/C37H47N2/c1-8-25-38-32-19-12-10-17-30(32)36(4,5)34(38)23-21-28-15-14-16-29(27(28)3)22-24-35-37(6,7)31-18-11-13-20-33(31)39(35)26-9-2/h10-13,17-24H,8-9,14-16,25-26H2,1-7H3/q+1. The molecule has 3 aliphatic rings. The van der Waals surface area contributed by atoms with Gasteiger partial charge in [0.1, 0.15) is 6.54 Å². The second kappa shape index (κ2) is 10.8. The molecule has 0 N–H and O–H groups in total. The SMILES string of the molecule is CCCN1/C(=C/C=C2\CCCC(/C=C/C3=[N+](CCC)c4ccccc4C3(C)C)=C2C)C(C)(C)c2ccccc21. The Morgan fingerprint density at radius 3 is 2.28 bits per heavy atom.